The van der Waals surface area contributed by atoms with Gasteiger partial charge in [0.1, 0.15) is 5.52 Å². The Morgan fingerprint density at radius 3 is 2.39 bits per heavy atom. The van der Waals surface area contributed by atoms with Gasteiger partial charge in [0, 0.05) is 37.6 Å². The number of para-hydroxylation sites is 1. The van der Waals surface area contributed by atoms with Gasteiger partial charge in [0.15, 0.2) is 15.0 Å². The van der Waals surface area contributed by atoms with Gasteiger partial charge in [0.2, 0.25) is 0 Å². The molecule has 0 saturated heterocycles. The van der Waals surface area contributed by atoms with Crippen LogP contribution in [0, 0.1) is 10.1 Å². The highest BCUT2D eigenvalue weighted by atomic mass is 35.5. The molecule has 1 aromatic heterocycles. The van der Waals surface area contributed by atoms with Crippen molar-refractivity contribution in [2.45, 2.75) is 4.90 Å². The van der Waals surface area contributed by atoms with E-state index in [9.17, 15) is 23.3 Å². The summed E-state index contributed by atoms with van der Waals surface area (Å²) in [5.41, 5.74) is 0.953. The molecular formula is C21H23ClN4O5S2. The van der Waals surface area contributed by atoms with E-state index < -0.39 is 14.8 Å². The van der Waals surface area contributed by atoms with Crippen LogP contribution in [0.5, 0.6) is 0 Å². The largest absolute Gasteiger partial charge is 0.308 e. The number of non-ortho nitro benzene ring substituents is 1. The summed E-state index contributed by atoms with van der Waals surface area (Å²) < 4.78 is 24.9. The summed E-state index contributed by atoms with van der Waals surface area (Å²) in [4.78, 5) is 31.4. The molecule has 0 aliphatic heterocycles. The standard InChI is InChI=1S/C21H22N4O5S2.ClH/c1-23(2)13-14-24(19(26)12-9-15-7-10-16(11-8-15)25(27)28)21-22-20-17(31-21)5-4-6-18(20)32(3,29)30;/h4-12H,13-14H2,1-3H3;1H. The van der Waals surface area contributed by atoms with Crippen LogP contribution in [-0.2, 0) is 14.6 Å². The smallest absolute Gasteiger partial charge is 0.269 e. The molecule has 0 N–H and O–H groups in total. The molecule has 9 nitrogen and oxygen atoms in total. The number of hydrogen-bond acceptors (Lipinski definition) is 8. The zero-order valence-corrected chi connectivity index (χ0v) is 20.6. The Morgan fingerprint density at radius 1 is 1.15 bits per heavy atom. The quantitative estimate of drug-likeness (QED) is 0.258. The highest BCUT2D eigenvalue weighted by Gasteiger charge is 2.21. The van der Waals surface area contributed by atoms with E-state index >= 15 is 0 Å². The molecule has 0 fully saturated rings. The number of amides is 1. The van der Waals surface area contributed by atoms with Crippen molar-refractivity contribution in [3.05, 3.63) is 64.2 Å². The van der Waals surface area contributed by atoms with E-state index in [1.54, 1.807) is 30.3 Å². The second-order valence-corrected chi connectivity index (χ2v) is 10.3. The van der Waals surface area contributed by atoms with E-state index in [0.717, 1.165) is 6.26 Å². The molecule has 0 unspecified atom stereocenters. The van der Waals surface area contributed by atoms with Gasteiger partial charge in [0.05, 0.1) is 14.5 Å². The fraction of sp³-hybridized carbons (Fsp3) is 0.238. The van der Waals surface area contributed by atoms with E-state index in [2.05, 4.69) is 4.98 Å². The average molecular weight is 511 g/mol. The van der Waals surface area contributed by atoms with E-state index in [-0.39, 0.29) is 28.9 Å². The molecule has 0 radical (unpaired) electrons. The number of benzene rings is 2. The van der Waals surface area contributed by atoms with Crippen LogP contribution in [0.3, 0.4) is 0 Å². The predicted octanol–water partition coefficient (Wildman–Crippen LogP) is 3.64. The van der Waals surface area contributed by atoms with E-state index in [4.69, 9.17) is 0 Å². The summed E-state index contributed by atoms with van der Waals surface area (Å²) in [7, 11) is 0.296. The number of nitro groups is 1. The lowest BCUT2D eigenvalue weighted by atomic mass is 10.2. The maximum Gasteiger partial charge on any atom is 0.269 e. The summed E-state index contributed by atoms with van der Waals surface area (Å²) in [5, 5.41) is 11.2. The Morgan fingerprint density at radius 2 is 1.82 bits per heavy atom. The molecule has 2 aromatic carbocycles. The third kappa shape index (κ3) is 6.57. The van der Waals surface area contributed by atoms with Gasteiger partial charge in [-0.25, -0.2) is 13.4 Å². The van der Waals surface area contributed by atoms with Crippen molar-refractivity contribution < 1.29 is 18.1 Å². The number of nitro benzene ring substituents is 1. The van der Waals surface area contributed by atoms with E-state index in [1.807, 2.05) is 19.0 Å². The fourth-order valence-corrected chi connectivity index (χ4v) is 4.81. The number of likely N-dealkylation sites (N-methyl/N-ethyl adjacent to an activating group) is 1. The number of carbonyl (C=O) groups is 1. The molecule has 0 saturated carbocycles. The van der Waals surface area contributed by atoms with Gasteiger partial charge in [0.25, 0.3) is 11.6 Å². The van der Waals surface area contributed by atoms with Crippen LogP contribution < -0.4 is 4.90 Å². The van der Waals surface area contributed by atoms with Crippen molar-refractivity contribution in [1.82, 2.24) is 9.88 Å². The number of nitrogens with zero attached hydrogens (tertiary/aromatic N) is 4. The molecule has 0 bridgehead atoms. The highest BCUT2D eigenvalue weighted by Crippen LogP contribution is 2.32. The zero-order chi connectivity index (χ0) is 23.5. The fourth-order valence-electron chi connectivity index (χ4n) is 2.89. The van der Waals surface area contributed by atoms with Gasteiger partial charge in [-0.15, -0.1) is 12.4 Å². The predicted molar refractivity (Wildman–Crippen MR) is 133 cm³/mol. The Kier molecular flexibility index (Phi) is 8.67. The van der Waals surface area contributed by atoms with Crippen molar-refractivity contribution in [2.75, 3.05) is 38.3 Å². The van der Waals surface area contributed by atoms with Gasteiger partial charge in [-0.3, -0.25) is 19.8 Å². The van der Waals surface area contributed by atoms with Gasteiger partial charge >= 0.3 is 0 Å². The maximum absolute atomic E-state index is 13.0. The number of rotatable bonds is 8. The Balaban J connectivity index is 0.00000385. The van der Waals surface area contributed by atoms with Crippen molar-refractivity contribution >= 4 is 66.6 Å². The highest BCUT2D eigenvalue weighted by molar-refractivity contribution is 7.91. The van der Waals surface area contributed by atoms with E-state index in [0.29, 0.717) is 34.0 Å². The van der Waals surface area contributed by atoms with Crippen LogP contribution in [-0.4, -0.2) is 62.6 Å². The van der Waals surface area contributed by atoms with Crippen molar-refractivity contribution in [3.8, 4) is 0 Å². The molecule has 1 heterocycles. The van der Waals surface area contributed by atoms with Crippen molar-refractivity contribution in [2.24, 2.45) is 0 Å². The van der Waals surface area contributed by atoms with Gasteiger partial charge in [-0.2, -0.15) is 0 Å². The molecule has 0 aliphatic carbocycles. The minimum absolute atomic E-state index is 0. The molecule has 3 aromatic rings. The number of fused-ring (bicyclic) bond motifs is 1. The number of hydrogen-bond donors (Lipinski definition) is 0. The third-order valence-corrected chi connectivity index (χ3v) is 6.73. The monoisotopic (exact) mass is 510 g/mol. The second-order valence-electron chi connectivity index (χ2n) is 7.35. The Hall–Kier alpha value is -2.86. The van der Waals surface area contributed by atoms with Crippen LogP contribution in [0.4, 0.5) is 10.8 Å². The number of anilines is 1. The van der Waals surface area contributed by atoms with Gasteiger partial charge in [-0.1, -0.05) is 17.4 Å². The van der Waals surface area contributed by atoms with Crippen LogP contribution in [0.2, 0.25) is 0 Å². The van der Waals surface area contributed by atoms with Crippen LogP contribution in [0.15, 0.2) is 53.4 Å². The van der Waals surface area contributed by atoms with Crippen LogP contribution in [0.1, 0.15) is 5.56 Å². The summed E-state index contributed by atoms with van der Waals surface area (Å²) in [6.07, 6.45) is 4.08. The van der Waals surface area contributed by atoms with Gasteiger partial charge < -0.3 is 4.90 Å². The summed E-state index contributed by atoms with van der Waals surface area (Å²) >= 11 is 1.24. The SMILES string of the molecule is CN(C)CCN(C(=O)C=Cc1ccc([N+](=O)[O-])cc1)c1nc2c(S(C)(=O)=O)cccc2s1.Cl. The molecule has 33 heavy (non-hydrogen) atoms. The number of aromatic nitrogens is 1. The zero-order valence-electron chi connectivity index (χ0n) is 18.2. The Labute approximate surface area is 201 Å². The molecule has 1 amide bonds. The summed E-state index contributed by atoms with van der Waals surface area (Å²) in [6.45, 7) is 0.927. The van der Waals surface area contributed by atoms with Crippen LogP contribution in [0.25, 0.3) is 16.3 Å². The third-order valence-electron chi connectivity index (χ3n) is 4.56. The molecule has 3 rings (SSSR count). The molecular weight excluding hydrogens is 488 g/mol. The molecule has 0 aliphatic rings. The average Bonchev–Trinajstić information content (AvgIpc) is 3.15. The van der Waals surface area contributed by atoms with Crippen LogP contribution >= 0.6 is 23.7 Å². The Bertz CT molecular complexity index is 1290. The lowest BCUT2D eigenvalue weighted by molar-refractivity contribution is -0.384. The number of sulfone groups is 1. The molecule has 176 valence electrons. The first-order valence-electron chi connectivity index (χ1n) is 9.54. The van der Waals surface area contributed by atoms with Crippen molar-refractivity contribution in [1.29, 1.82) is 0 Å². The first-order chi connectivity index (χ1) is 15.1. The second kappa shape index (κ2) is 10.8. The first kappa shape index (κ1) is 26.4. The minimum atomic E-state index is -3.47. The van der Waals surface area contributed by atoms with E-state index in [1.165, 1.54) is 40.5 Å². The van der Waals surface area contributed by atoms with Crippen molar-refractivity contribution in [3.63, 3.8) is 0 Å². The maximum atomic E-state index is 13.0. The number of thiazole rings is 1. The molecule has 0 spiro atoms. The topological polar surface area (TPSA) is 114 Å². The normalized spacial score (nSPS) is 11.6. The number of carbonyl (C=O) groups excluding carboxylic acids is 1. The number of halogens is 1. The minimum Gasteiger partial charge on any atom is -0.308 e. The first-order valence-corrected chi connectivity index (χ1v) is 12.3. The summed E-state index contributed by atoms with van der Waals surface area (Å²) in [6, 6.07) is 10.8. The molecule has 12 heteroatoms. The van der Waals surface area contributed by atoms with Gasteiger partial charge in [-0.05, 0) is 50.0 Å². The summed E-state index contributed by atoms with van der Waals surface area (Å²) in [5.74, 6) is -0.329. The molecule has 0 atom stereocenters. The lowest BCUT2D eigenvalue weighted by Gasteiger charge is -2.20. The lowest BCUT2D eigenvalue weighted by Crippen LogP contribution is -2.35.